The first-order valence-corrected chi connectivity index (χ1v) is 13.6. The van der Waals surface area contributed by atoms with E-state index in [0.717, 1.165) is 65.0 Å². The summed E-state index contributed by atoms with van der Waals surface area (Å²) in [5.41, 5.74) is 4.95. The molecule has 0 spiro atoms. The average molecular weight is 525 g/mol. The molecule has 2 aliphatic rings. The number of carbonyl (C=O) groups excluding carboxylic acids is 1. The largest absolute Gasteiger partial charge is 0.371 e. The fraction of sp³-hybridized carbons (Fsp3) is 0.393. The van der Waals surface area contributed by atoms with Gasteiger partial charge in [-0.1, -0.05) is 5.21 Å². The third-order valence-electron chi connectivity index (χ3n) is 7.76. The van der Waals surface area contributed by atoms with Crippen molar-refractivity contribution in [3.8, 4) is 0 Å². The zero-order valence-electron chi connectivity index (χ0n) is 22.2. The van der Waals surface area contributed by atoms with Gasteiger partial charge in [-0.05, 0) is 49.9 Å². The number of rotatable bonds is 7. The van der Waals surface area contributed by atoms with Crippen LogP contribution in [-0.2, 0) is 20.6 Å². The molecule has 11 nitrogen and oxygen atoms in total. The van der Waals surface area contributed by atoms with Crippen LogP contribution in [0.2, 0.25) is 0 Å². The molecular formula is C28H32N10O. The highest BCUT2D eigenvalue weighted by atomic mass is 16.1. The van der Waals surface area contributed by atoms with Crippen LogP contribution in [0.25, 0.3) is 21.8 Å². The lowest BCUT2D eigenvalue weighted by Gasteiger charge is -2.34. The van der Waals surface area contributed by atoms with Crippen molar-refractivity contribution in [1.29, 1.82) is 0 Å². The van der Waals surface area contributed by atoms with Crippen LogP contribution in [0.4, 0.5) is 11.4 Å². The lowest BCUT2D eigenvalue weighted by atomic mass is 10.0. The molecule has 0 unspecified atom stereocenters. The van der Waals surface area contributed by atoms with Gasteiger partial charge in [0.15, 0.2) is 0 Å². The number of nitrogens with zero attached hydrogens (tertiary/aromatic N) is 8. The predicted molar refractivity (Wildman–Crippen MR) is 150 cm³/mol. The maximum Gasteiger partial charge on any atom is 0.257 e. The number of piperidine rings is 1. The van der Waals surface area contributed by atoms with E-state index in [9.17, 15) is 4.79 Å². The smallest absolute Gasteiger partial charge is 0.257 e. The van der Waals surface area contributed by atoms with Crippen LogP contribution in [0.15, 0.2) is 49.1 Å². The number of hydrogen-bond acceptors (Lipinski definition) is 7. The van der Waals surface area contributed by atoms with Gasteiger partial charge in [0.1, 0.15) is 5.52 Å². The fourth-order valence-corrected chi connectivity index (χ4v) is 5.75. The first-order chi connectivity index (χ1) is 19.0. The molecule has 2 aromatic carbocycles. The topological polar surface area (TPSA) is 111 Å². The van der Waals surface area contributed by atoms with Crippen LogP contribution < -0.4 is 15.5 Å². The normalized spacial score (nSPS) is 16.4. The van der Waals surface area contributed by atoms with Crippen LogP contribution in [0, 0.1) is 0 Å². The zero-order valence-corrected chi connectivity index (χ0v) is 22.2. The van der Waals surface area contributed by atoms with Gasteiger partial charge in [-0.25, -0.2) is 4.68 Å². The summed E-state index contributed by atoms with van der Waals surface area (Å²) in [6.07, 6.45) is 12.3. The molecule has 0 bridgehead atoms. The van der Waals surface area contributed by atoms with Gasteiger partial charge in [0.2, 0.25) is 0 Å². The average Bonchev–Trinajstić information content (AvgIpc) is 3.24. The van der Waals surface area contributed by atoms with Crippen molar-refractivity contribution < 1.29 is 4.79 Å². The summed E-state index contributed by atoms with van der Waals surface area (Å²) in [6.45, 7) is 2.50. The van der Waals surface area contributed by atoms with Crippen molar-refractivity contribution in [3.63, 3.8) is 0 Å². The number of aryl methyl sites for hydroxylation is 2. The van der Waals surface area contributed by atoms with Crippen molar-refractivity contribution in [2.24, 2.45) is 14.1 Å². The first-order valence-electron chi connectivity index (χ1n) is 13.6. The van der Waals surface area contributed by atoms with E-state index in [-0.39, 0.29) is 5.91 Å². The van der Waals surface area contributed by atoms with E-state index in [1.807, 2.05) is 50.9 Å². The number of aromatic nitrogens is 7. The molecule has 0 radical (unpaired) electrons. The van der Waals surface area contributed by atoms with E-state index in [1.165, 1.54) is 12.8 Å². The van der Waals surface area contributed by atoms with Crippen molar-refractivity contribution in [2.45, 2.75) is 44.3 Å². The Labute approximate surface area is 225 Å². The number of amides is 1. The van der Waals surface area contributed by atoms with Gasteiger partial charge in [-0.15, -0.1) is 5.10 Å². The van der Waals surface area contributed by atoms with E-state index in [1.54, 1.807) is 20.2 Å². The van der Waals surface area contributed by atoms with Crippen molar-refractivity contribution in [1.82, 2.24) is 39.9 Å². The van der Waals surface area contributed by atoms with E-state index in [2.05, 4.69) is 37.0 Å². The van der Waals surface area contributed by atoms with E-state index < -0.39 is 0 Å². The SMILES string of the molecule is Cn1cc2cc(NC(=O)c3ccc(N4CCC(NC5CC5)CC4)c4cn(C)nc34)cc(Cn3ccnn3)c2n1. The molecular weight excluding hydrogens is 492 g/mol. The molecule has 1 amide bonds. The standard InChI is InChI=1S/C28H32N10O/c1-35-15-18-13-22(14-19(26(18)32-35)16-38-12-9-29-34-38)31-28(39)23-5-6-25(24-17-36(2)33-27(23)24)37-10-7-21(8-11-37)30-20-3-4-20/h5-6,9,12-15,17,20-21,30H,3-4,7-8,10-11,16H2,1-2H3,(H,31,39). The summed E-state index contributed by atoms with van der Waals surface area (Å²) in [5, 5.41) is 26.2. The van der Waals surface area contributed by atoms with Gasteiger partial charge in [-0.2, -0.15) is 10.2 Å². The van der Waals surface area contributed by atoms with Gasteiger partial charge >= 0.3 is 0 Å². The molecule has 2 fully saturated rings. The maximum atomic E-state index is 13.6. The summed E-state index contributed by atoms with van der Waals surface area (Å²) in [7, 11) is 3.80. The summed E-state index contributed by atoms with van der Waals surface area (Å²) in [4.78, 5) is 16.0. The monoisotopic (exact) mass is 524 g/mol. The molecule has 11 heteroatoms. The second-order valence-electron chi connectivity index (χ2n) is 10.8. The van der Waals surface area contributed by atoms with Crippen LogP contribution in [-0.4, -0.2) is 65.6 Å². The minimum Gasteiger partial charge on any atom is -0.371 e. The minimum absolute atomic E-state index is 0.187. The third kappa shape index (κ3) is 4.74. The number of fused-ring (bicyclic) bond motifs is 2. The zero-order chi connectivity index (χ0) is 26.5. The van der Waals surface area contributed by atoms with Crippen LogP contribution in [0.1, 0.15) is 41.6 Å². The molecule has 1 aliphatic heterocycles. The van der Waals surface area contributed by atoms with Crippen molar-refractivity contribution in [3.05, 3.63) is 60.2 Å². The lowest BCUT2D eigenvalue weighted by molar-refractivity contribution is 0.102. The second kappa shape index (κ2) is 9.49. The van der Waals surface area contributed by atoms with E-state index >= 15 is 0 Å². The Morgan fingerprint density at radius 3 is 2.51 bits per heavy atom. The summed E-state index contributed by atoms with van der Waals surface area (Å²) in [5.74, 6) is -0.187. The molecule has 0 atom stereocenters. The number of hydrogen-bond donors (Lipinski definition) is 2. The summed E-state index contributed by atoms with van der Waals surface area (Å²) < 4.78 is 5.32. The first kappa shape index (κ1) is 23.8. The Hall–Kier alpha value is -4.25. The molecule has 4 heterocycles. The maximum absolute atomic E-state index is 13.6. The van der Waals surface area contributed by atoms with E-state index in [0.29, 0.717) is 23.8 Å². The Morgan fingerprint density at radius 2 is 1.74 bits per heavy atom. The second-order valence-corrected chi connectivity index (χ2v) is 10.8. The molecule has 200 valence electrons. The van der Waals surface area contributed by atoms with Crippen molar-refractivity contribution in [2.75, 3.05) is 23.3 Å². The summed E-state index contributed by atoms with van der Waals surface area (Å²) in [6, 6.07) is 9.24. The third-order valence-corrected chi connectivity index (χ3v) is 7.76. The fourth-order valence-electron chi connectivity index (χ4n) is 5.75. The lowest BCUT2D eigenvalue weighted by Crippen LogP contribution is -2.43. The van der Waals surface area contributed by atoms with Gasteiger partial charge in [0.05, 0.1) is 23.8 Å². The van der Waals surface area contributed by atoms with Crippen LogP contribution in [0.5, 0.6) is 0 Å². The molecule has 7 rings (SSSR count). The van der Waals surface area contributed by atoms with Gasteiger partial charge in [-0.3, -0.25) is 14.2 Å². The van der Waals surface area contributed by atoms with Gasteiger partial charge < -0.3 is 15.5 Å². The quantitative estimate of drug-likeness (QED) is 0.337. The highest BCUT2D eigenvalue weighted by Crippen LogP contribution is 2.32. The molecule has 1 aliphatic carbocycles. The molecule has 39 heavy (non-hydrogen) atoms. The Morgan fingerprint density at radius 1 is 0.974 bits per heavy atom. The Kier molecular flexibility index (Phi) is 5.80. The Bertz CT molecular complexity index is 1650. The van der Waals surface area contributed by atoms with Crippen molar-refractivity contribution >= 4 is 39.1 Å². The molecule has 1 saturated heterocycles. The number of anilines is 2. The highest BCUT2D eigenvalue weighted by Gasteiger charge is 2.28. The van der Waals surface area contributed by atoms with Crippen LogP contribution in [0.3, 0.4) is 0 Å². The van der Waals surface area contributed by atoms with E-state index in [4.69, 9.17) is 5.10 Å². The van der Waals surface area contributed by atoms with Gasteiger partial charge in [0.25, 0.3) is 5.91 Å². The van der Waals surface area contributed by atoms with Gasteiger partial charge in [0, 0.05) is 85.6 Å². The van der Waals surface area contributed by atoms with Crippen LogP contribution >= 0.6 is 0 Å². The molecule has 5 aromatic rings. The Balaban J connectivity index is 1.16. The molecule has 3 aromatic heterocycles. The number of benzene rings is 2. The summed E-state index contributed by atoms with van der Waals surface area (Å²) >= 11 is 0. The minimum atomic E-state index is -0.187. The molecule has 1 saturated carbocycles. The molecule has 2 N–H and O–H groups in total. The predicted octanol–water partition coefficient (Wildman–Crippen LogP) is 3.07. The highest BCUT2D eigenvalue weighted by molar-refractivity contribution is 6.14. The number of nitrogens with one attached hydrogen (secondary N) is 2. The number of carbonyl (C=O) groups is 1.